The molecule has 1 N–H and O–H groups in total. The minimum absolute atomic E-state index is 0.228. The highest BCUT2D eigenvalue weighted by Crippen LogP contribution is 2.36. The van der Waals surface area contributed by atoms with Gasteiger partial charge in [-0.1, -0.05) is 26.7 Å². The highest BCUT2D eigenvalue weighted by atomic mass is 16.2. The van der Waals surface area contributed by atoms with Crippen LogP contribution in [0, 0.1) is 5.41 Å². The molecule has 0 aromatic carbocycles. The van der Waals surface area contributed by atoms with Gasteiger partial charge in [-0.3, -0.25) is 4.79 Å². The molecule has 1 aliphatic heterocycles. The molecule has 1 amide bonds. The van der Waals surface area contributed by atoms with Crippen LogP contribution in [0.5, 0.6) is 0 Å². The van der Waals surface area contributed by atoms with Crippen molar-refractivity contribution < 1.29 is 4.79 Å². The molecular weight excluding hydrogens is 224 g/mol. The molecule has 3 heteroatoms. The molecule has 1 atom stereocenters. The maximum Gasteiger partial charge on any atom is 0.219 e. The molecule has 0 aromatic rings. The fourth-order valence-electron chi connectivity index (χ4n) is 3.45. The van der Waals surface area contributed by atoms with Crippen molar-refractivity contribution in [3.05, 3.63) is 0 Å². The Bertz CT molecular complexity index is 293. The number of likely N-dealkylation sites (tertiary alicyclic amines) is 1. The average molecular weight is 252 g/mol. The summed E-state index contributed by atoms with van der Waals surface area (Å²) in [5.41, 5.74) is 0.440. The zero-order chi connectivity index (χ0) is 13.2. The first-order valence-electron chi connectivity index (χ1n) is 7.50. The first kappa shape index (κ1) is 13.9. The maximum atomic E-state index is 11.3. The van der Waals surface area contributed by atoms with Crippen LogP contribution in [0.1, 0.15) is 59.3 Å². The van der Waals surface area contributed by atoms with Gasteiger partial charge in [0.05, 0.1) is 0 Å². The highest BCUT2D eigenvalue weighted by molar-refractivity contribution is 5.73. The first-order chi connectivity index (χ1) is 8.49. The van der Waals surface area contributed by atoms with Crippen molar-refractivity contribution in [2.24, 2.45) is 5.41 Å². The maximum absolute atomic E-state index is 11.3. The number of carbonyl (C=O) groups is 1. The number of nitrogens with one attached hydrogen (secondary N) is 1. The Morgan fingerprint density at radius 3 is 2.39 bits per heavy atom. The molecule has 2 aliphatic rings. The van der Waals surface area contributed by atoms with Gasteiger partial charge in [-0.25, -0.2) is 0 Å². The van der Waals surface area contributed by atoms with Gasteiger partial charge >= 0.3 is 0 Å². The second kappa shape index (κ2) is 5.60. The number of piperidine rings is 1. The summed E-state index contributed by atoms with van der Waals surface area (Å²) in [5.74, 6) is 0.228. The van der Waals surface area contributed by atoms with Crippen molar-refractivity contribution >= 4 is 5.91 Å². The molecule has 1 saturated heterocycles. The molecule has 104 valence electrons. The van der Waals surface area contributed by atoms with Gasteiger partial charge in [-0.2, -0.15) is 0 Å². The predicted molar refractivity (Wildman–Crippen MR) is 74.4 cm³/mol. The molecule has 2 fully saturated rings. The number of amides is 1. The zero-order valence-electron chi connectivity index (χ0n) is 12.2. The second-order valence-corrected chi connectivity index (χ2v) is 6.73. The minimum atomic E-state index is 0.228. The third kappa shape index (κ3) is 3.25. The van der Waals surface area contributed by atoms with E-state index in [0.717, 1.165) is 25.9 Å². The molecule has 18 heavy (non-hydrogen) atoms. The summed E-state index contributed by atoms with van der Waals surface area (Å²) in [4.78, 5) is 13.3. The van der Waals surface area contributed by atoms with Crippen LogP contribution in [0.3, 0.4) is 0 Å². The van der Waals surface area contributed by atoms with E-state index in [1.54, 1.807) is 6.92 Å². The van der Waals surface area contributed by atoms with Crippen LogP contribution in [-0.2, 0) is 4.79 Å². The van der Waals surface area contributed by atoms with Crippen LogP contribution in [0.2, 0.25) is 0 Å². The molecule has 0 aromatic heterocycles. The summed E-state index contributed by atoms with van der Waals surface area (Å²) in [6.45, 7) is 8.33. The summed E-state index contributed by atoms with van der Waals surface area (Å²) in [6, 6.07) is 1.28. The predicted octanol–water partition coefficient (Wildman–Crippen LogP) is 2.56. The van der Waals surface area contributed by atoms with E-state index in [1.165, 1.54) is 25.7 Å². The van der Waals surface area contributed by atoms with Crippen LogP contribution >= 0.6 is 0 Å². The third-order valence-corrected chi connectivity index (χ3v) is 4.88. The smallest absolute Gasteiger partial charge is 0.219 e. The molecule has 0 radical (unpaired) electrons. The van der Waals surface area contributed by atoms with Gasteiger partial charge in [-0.05, 0) is 31.1 Å². The lowest BCUT2D eigenvalue weighted by molar-refractivity contribution is -0.129. The molecule has 0 bridgehead atoms. The Hall–Kier alpha value is -0.570. The van der Waals surface area contributed by atoms with Crippen molar-refractivity contribution in [2.75, 3.05) is 13.1 Å². The monoisotopic (exact) mass is 252 g/mol. The summed E-state index contributed by atoms with van der Waals surface area (Å²) < 4.78 is 0. The standard InChI is InChI=1S/C15H28N2O/c1-12(18)17-10-7-13(8-11-17)16-14-6-4-5-9-15(14,2)3/h13-14,16H,4-11H2,1-3H3. The summed E-state index contributed by atoms with van der Waals surface area (Å²) >= 11 is 0. The number of hydrogen-bond acceptors (Lipinski definition) is 2. The Balaban J connectivity index is 1.82. The van der Waals surface area contributed by atoms with Crippen molar-refractivity contribution in [3.8, 4) is 0 Å². The molecule has 0 spiro atoms. The largest absolute Gasteiger partial charge is 0.343 e. The Kier molecular flexibility index (Phi) is 4.31. The van der Waals surface area contributed by atoms with E-state index in [2.05, 4.69) is 19.2 Å². The van der Waals surface area contributed by atoms with Gasteiger partial charge in [0.1, 0.15) is 0 Å². The van der Waals surface area contributed by atoms with E-state index in [-0.39, 0.29) is 5.91 Å². The van der Waals surface area contributed by atoms with E-state index < -0.39 is 0 Å². The Labute approximate surface area is 111 Å². The molecule has 1 saturated carbocycles. The minimum Gasteiger partial charge on any atom is -0.343 e. The van der Waals surface area contributed by atoms with Crippen LogP contribution in [-0.4, -0.2) is 36.0 Å². The molecule has 1 aliphatic carbocycles. The van der Waals surface area contributed by atoms with Crippen molar-refractivity contribution in [2.45, 2.75) is 71.4 Å². The fourth-order valence-corrected chi connectivity index (χ4v) is 3.45. The average Bonchev–Trinajstić information content (AvgIpc) is 2.32. The van der Waals surface area contributed by atoms with Crippen molar-refractivity contribution in [1.82, 2.24) is 10.2 Å². The normalized spacial score (nSPS) is 29.3. The van der Waals surface area contributed by atoms with E-state index >= 15 is 0 Å². The van der Waals surface area contributed by atoms with E-state index in [4.69, 9.17) is 0 Å². The van der Waals surface area contributed by atoms with Crippen LogP contribution < -0.4 is 5.32 Å². The Morgan fingerprint density at radius 1 is 1.17 bits per heavy atom. The summed E-state index contributed by atoms with van der Waals surface area (Å²) in [7, 11) is 0. The van der Waals surface area contributed by atoms with Gasteiger partial charge in [0, 0.05) is 32.1 Å². The van der Waals surface area contributed by atoms with Gasteiger partial charge in [-0.15, -0.1) is 0 Å². The summed E-state index contributed by atoms with van der Waals surface area (Å²) in [6.07, 6.45) is 7.65. The molecular formula is C15H28N2O. The number of hydrogen-bond donors (Lipinski definition) is 1. The van der Waals surface area contributed by atoms with Crippen LogP contribution in [0.15, 0.2) is 0 Å². The lowest BCUT2D eigenvalue weighted by Gasteiger charge is -2.43. The summed E-state index contributed by atoms with van der Waals surface area (Å²) in [5, 5.41) is 3.87. The van der Waals surface area contributed by atoms with Crippen LogP contribution in [0.4, 0.5) is 0 Å². The Morgan fingerprint density at radius 2 is 1.83 bits per heavy atom. The quantitative estimate of drug-likeness (QED) is 0.819. The molecule has 3 nitrogen and oxygen atoms in total. The van der Waals surface area contributed by atoms with E-state index in [9.17, 15) is 4.79 Å². The van der Waals surface area contributed by atoms with Gasteiger partial charge in [0.15, 0.2) is 0 Å². The van der Waals surface area contributed by atoms with Crippen molar-refractivity contribution in [1.29, 1.82) is 0 Å². The van der Waals surface area contributed by atoms with Crippen LogP contribution in [0.25, 0.3) is 0 Å². The van der Waals surface area contributed by atoms with E-state index in [1.807, 2.05) is 4.90 Å². The number of nitrogens with zero attached hydrogens (tertiary/aromatic N) is 1. The zero-order valence-corrected chi connectivity index (χ0v) is 12.2. The van der Waals surface area contributed by atoms with Gasteiger partial charge in [0.2, 0.25) is 5.91 Å². The van der Waals surface area contributed by atoms with Crippen molar-refractivity contribution in [3.63, 3.8) is 0 Å². The molecule has 1 heterocycles. The number of rotatable bonds is 2. The highest BCUT2D eigenvalue weighted by Gasteiger charge is 2.34. The van der Waals surface area contributed by atoms with E-state index in [0.29, 0.717) is 17.5 Å². The first-order valence-corrected chi connectivity index (χ1v) is 7.50. The second-order valence-electron chi connectivity index (χ2n) is 6.73. The lowest BCUT2D eigenvalue weighted by atomic mass is 9.73. The molecule has 1 unspecified atom stereocenters. The topological polar surface area (TPSA) is 32.3 Å². The lowest BCUT2D eigenvalue weighted by Crippen LogP contribution is -2.52. The SMILES string of the molecule is CC(=O)N1CCC(NC2CCCCC2(C)C)CC1. The fraction of sp³-hybridized carbons (Fsp3) is 0.933. The number of carbonyl (C=O) groups excluding carboxylic acids is 1. The molecule has 2 rings (SSSR count). The third-order valence-electron chi connectivity index (χ3n) is 4.88. The van der Waals surface area contributed by atoms with Gasteiger partial charge in [0.25, 0.3) is 0 Å². The van der Waals surface area contributed by atoms with Gasteiger partial charge < -0.3 is 10.2 Å².